The lowest BCUT2D eigenvalue weighted by Crippen LogP contribution is -2.37. The maximum absolute atomic E-state index is 12.3. The molecule has 2 nitrogen and oxygen atoms in total. The zero-order valence-electron chi connectivity index (χ0n) is 11.6. The second kappa shape index (κ2) is 5.80. The fourth-order valence-electron chi connectivity index (χ4n) is 2.46. The normalized spacial score (nSPS) is 16.4. The molecule has 0 radical (unpaired) electrons. The van der Waals surface area contributed by atoms with E-state index < -0.39 is 0 Å². The minimum Gasteiger partial charge on any atom is -0.344 e. The van der Waals surface area contributed by atoms with E-state index in [1.165, 1.54) is 16.9 Å². The highest BCUT2D eigenvalue weighted by molar-refractivity contribution is 7.10. The number of carbonyl (C=O) groups excluding carboxylic acids is 1. The minimum atomic E-state index is -0.0105. The third-order valence-electron chi connectivity index (χ3n) is 4.00. The first-order valence-electron chi connectivity index (χ1n) is 7.14. The van der Waals surface area contributed by atoms with Crippen LogP contribution in [-0.4, -0.2) is 5.91 Å². The summed E-state index contributed by atoms with van der Waals surface area (Å²) in [6.45, 7) is 2.08. The molecule has 3 rings (SSSR count). The van der Waals surface area contributed by atoms with Crippen molar-refractivity contribution in [2.45, 2.75) is 32.2 Å². The van der Waals surface area contributed by atoms with Crippen LogP contribution in [0, 0.1) is 12.8 Å². The van der Waals surface area contributed by atoms with Crippen molar-refractivity contribution >= 4 is 17.2 Å². The molecular weight excluding hydrogens is 266 g/mol. The number of rotatable bonds is 4. The Morgan fingerprint density at radius 1 is 1.25 bits per heavy atom. The van der Waals surface area contributed by atoms with Crippen molar-refractivity contribution in [3.63, 3.8) is 0 Å². The lowest BCUT2D eigenvalue weighted by molar-refractivity contribution is -0.127. The van der Waals surface area contributed by atoms with E-state index in [2.05, 4.69) is 48.0 Å². The Kier molecular flexibility index (Phi) is 3.88. The van der Waals surface area contributed by atoms with Gasteiger partial charge in [0.15, 0.2) is 0 Å². The number of amides is 1. The van der Waals surface area contributed by atoms with Gasteiger partial charge in [-0.2, -0.15) is 0 Å². The topological polar surface area (TPSA) is 29.1 Å². The molecule has 0 spiro atoms. The van der Waals surface area contributed by atoms with Crippen molar-refractivity contribution in [1.82, 2.24) is 5.32 Å². The van der Waals surface area contributed by atoms with Gasteiger partial charge in [0.1, 0.15) is 0 Å². The first-order chi connectivity index (χ1) is 9.74. The van der Waals surface area contributed by atoms with E-state index in [0.29, 0.717) is 0 Å². The minimum absolute atomic E-state index is 0.0105. The molecule has 1 aromatic heterocycles. The molecule has 0 aliphatic heterocycles. The van der Waals surface area contributed by atoms with E-state index in [4.69, 9.17) is 0 Å². The van der Waals surface area contributed by atoms with Gasteiger partial charge < -0.3 is 5.32 Å². The van der Waals surface area contributed by atoms with Gasteiger partial charge in [-0.15, -0.1) is 11.3 Å². The Hall–Kier alpha value is -1.61. The van der Waals surface area contributed by atoms with Gasteiger partial charge in [-0.1, -0.05) is 42.3 Å². The summed E-state index contributed by atoms with van der Waals surface area (Å²) in [5.74, 6) is 0.429. The molecule has 0 unspecified atom stereocenters. The van der Waals surface area contributed by atoms with Gasteiger partial charge in [0.05, 0.1) is 6.04 Å². The molecule has 1 aliphatic rings. The van der Waals surface area contributed by atoms with Crippen LogP contribution >= 0.6 is 11.3 Å². The maximum Gasteiger partial charge on any atom is 0.223 e. The zero-order valence-corrected chi connectivity index (χ0v) is 12.5. The molecule has 1 heterocycles. The van der Waals surface area contributed by atoms with Crippen molar-refractivity contribution in [3.8, 4) is 0 Å². The SMILES string of the molecule is Cc1ccc([C@H](NC(=O)C2CCC2)c2cccs2)cc1. The maximum atomic E-state index is 12.3. The van der Waals surface area contributed by atoms with Crippen LogP contribution < -0.4 is 5.32 Å². The lowest BCUT2D eigenvalue weighted by Gasteiger charge is -2.27. The van der Waals surface area contributed by atoms with Gasteiger partial charge in [0.25, 0.3) is 0 Å². The Labute approximate surface area is 123 Å². The second-order valence-corrected chi connectivity index (χ2v) is 6.47. The van der Waals surface area contributed by atoms with E-state index in [9.17, 15) is 4.79 Å². The van der Waals surface area contributed by atoms with E-state index in [0.717, 1.165) is 18.4 Å². The van der Waals surface area contributed by atoms with Crippen LogP contribution in [0.2, 0.25) is 0 Å². The molecule has 0 saturated heterocycles. The third-order valence-corrected chi connectivity index (χ3v) is 4.94. The summed E-state index contributed by atoms with van der Waals surface area (Å²) in [5, 5.41) is 5.29. The molecule has 3 heteroatoms. The van der Waals surface area contributed by atoms with Crippen LogP contribution in [-0.2, 0) is 4.79 Å². The summed E-state index contributed by atoms with van der Waals surface area (Å²) in [6, 6.07) is 12.6. The molecule has 1 aromatic carbocycles. The fraction of sp³-hybridized carbons (Fsp3) is 0.353. The number of hydrogen-bond acceptors (Lipinski definition) is 2. The summed E-state index contributed by atoms with van der Waals surface area (Å²) < 4.78 is 0. The van der Waals surface area contributed by atoms with Crippen molar-refractivity contribution in [2.24, 2.45) is 5.92 Å². The molecule has 2 aromatic rings. The Bertz CT molecular complexity index is 570. The summed E-state index contributed by atoms with van der Waals surface area (Å²) in [6.07, 6.45) is 3.26. The average Bonchev–Trinajstić information content (AvgIpc) is 2.88. The first kappa shape index (κ1) is 13.4. The van der Waals surface area contributed by atoms with Crippen molar-refractivity contribution in [3.05, 3.63) is 57.8 Å². The standard InChI is InChI=1S/C17H19NOS/c1-12-7-9-13(10-8-12)16(15-6-3-11-20-15)18-17(19)14-4-2-5-14/h3,6-11,14,16H,2,4-5H2,1H3,(H,18,19)/t16-/m0/s1. The third kappa shape index (κ3) is 2.78. The smallest absolute Gasteiger partial charge is 0.223 e. The summed E-state index contributed by atoms with van der Waals surface area (Å²) in [7, 11) is 0. The van der Waals surface area contributed by atoms with E-state index in [1.54, 1.807) is 11.3 Å². The van der Waals surface area contributed by atoms with Crippen molar-refractivity contribution in [2.75, 3.05) is 0 Å². The summed E-state index contributed by atoms with van der Waals surface area (Å²) >= 11 is 1.69. The van der Waals surface area contributed by atoms with Crippen molar-refractivity contribution in [1.29, 1.82) is 0 Å². The van der Waals surface area contributed by atoms with Gasteiger partial charge in [-0.25, -0.2) is 0 Å². The number of thiophene rings is 1. The zero-order chi connectivity index (χ0) is 13.9. The van der Waals surface area contributed by atoms with E-state index in [-0.39, 0.29) is 17.9 Å². The van der Waals surface area contributed by atoms with Crippen LogP contribution in [0.3, 0.4) is 0 Å². The Balaban J connectivity index is 1.84. The van der Waals surface area contributed by atoms with Gasteiger partial charge in [-0.3, -0.25) is 4.79 Å². The molecule has 1 fully saturated rings. The van der Waals surface area contributed by atoms with Crippen LogP contribution in [0.15, 0.2) is 41.8 Å². The molecule has 1 amide bonds. The predicted molar refractivity (Wildman–Crippen MR) is 82.8 cm³/mol. The number of hydrogen-bond donors (Lipinski definition) is 1. The number of carbonyl (C=O) groups is 1. The summed E-state index contributed by atoms with van der Waals surface area (Å²) in [5.41, 5.74) is 2.40. The highest BCUT2D eigenvalue weighted by Gasteiger charge is 2.28. The monoisotopic (exact) mass is 285 g/mol. The second-order valence-electron chi connectivity index (χ2n) is 5.50. The highest BCUT2D eigenvalue weighted by Crippen LogP contribution is 2.30. The lowest BCUT2D eigenvalue weighted by atomic mass is 9.84. The summed E-state index contributed by atoms with van der Waals surface area (Å²) in [4.78, 5) is 13.5. The number of nitrogens with one attached hydrogen (secondary N) is 1. The van der Waals surface area contributed by atoms with Gasteiger partial charge in [0.2, 0.25) is 5.91 Å². The van der Waals surface area contributed by atoms with E-state index >= 15 is 0 Å². The molecule has 1 atom stereocenters. The quantitative estimate of drug-likeness (QED) is 0.901. The largest absolute Gasteiger partial charge is 0.344 e. The number of aryl methyl sites for hydroxylation is 1. The first-order valence-corrected chi connectivity index (χ1v) is 8.02. The fourth-order valence-corrected chi connectivity index (χ4v) is 3.27. The van der Waals surface area contributed by atoms with Crippen LogP contribution in [0.25, 0.3) is 0 Å². The highest BCUT2D eigenvalue weighted by atomic mass is 32.1. The average molecular weight is 285 g/mol. The molecule has 1 aliphatic carbocycles. The predicted octanol–water partition coefficient (Wildman–Crippen LogP) is 4.06. The molecular formula is C17H19NOS. The molecule has 1 N–H and O–H groups in total. The van der Waals surface area contributed by atoms with Gasteiger partial charge >= 0.3 is 0 Å². The molecule has 104 valence electrons. The van der Waals surface area contributed by atoms with Crippen LogP contribution in [0.5, 0.6) is 0 Å². The van der Waals surface area contributed by atoms with Gasteiger partial charge in [0, 0.05) is 10.8 Å². The van der Waals surface area contributed by atoms with E-state index in [1.807, 2.05) is 6.07 Å². The van der Waals surface area contributed by atoms with Crippen LogP contribution in [0.4, 0.5) is 0 Å². The number of benzene rings is 1. The van der Waals surface area contributed by atoms with Crippen LogP contribution in [0.1, 0.15) is 41.3 Å². The molecule has 20 heavy (non-hydrogen) atoms. The Morgan fingerprint density at radius 2 is 2.00 bits per heavy atom. The Morgan fingerprint density at radius 3 is 2.55 bits per heavy atom. The molecule has 1 saturated carbocycles. The van der Waals surface area contributed by atoms with Gasteiger partial charge in [-0.05, 0) is 36.8 Å². The molecule has 0 bridgehead atoms. The van der Waals surface area contributed by atoms with Crippen molar-refractivity contribution < 1.29 is 4.79 Å².